The van der Waals surface area contributed by atoms with E-state index in [2.05, 4.69) is 0 Å². The van der Waals surface area contributed by atoms with Crippen LogP contribution in [-0.2, 0) is 0 Å². The molecule has 0 aromatic heterocycles. The van der Waals surface area contributed by atoms with Gasteiger partial charge in [0.15, 0.2) is 5.75 Å². The predicted molar refractivity (Wildman–Crippen MR) is 75.0 cm³/mol. The number of nitro benzene ring substituents is 1. The number of hydrogen-bond acceptors (Lipinski definition) is 4. The van der Waals surface area contributed by atoms with Gasteiger partial charge in [0.05, 0.1) is 4.92 Å². The first-order valence-electron chi connectivity index (χ1n) is 5.87. The molecule has 0 saturated carbocycles. The summed E-state index contributed by atoms with van der Waals surface area (Å²) in [6.45, 7) is -0.0769. The molecule has 0 amide bonds. The van der Waals surface area contributed by atoms with Crippen molar-refractivity contribution in [1.82, 2.24) is 0 Å². The first-order chi connectivity index (χ1) is 9.58. The monoisotopic (exact) mass is 293 g/mol. The van der Waals surface area contributed by atoms with Crippen LogP contribution in [0.15, 0.2) is 48.5 Å². The van der Waals surface area contributed by atoms with Crippen molar-refractivity contribution < 1.29 is 14.8 Å². The highest BCUT2D eigenvalue weighted by Gasteiger charge is 2.15. The van der Waals surface area contributed by atoms with Crippen LogP contribution in [0.25, 0.3) is 0 Å². The zero-order valence-electron chi connectivity index (χ0n) is 10.4. The Morgan fingerprint density at radius 2 is 1.85 bits per heavy atom. The predicted octanol–water partition coefficient (Wildman–Crippen LogP) is 3.36. The number of hydrogen-bond donors (Lipinski definition) is 1. The third-order valence-corrected chi connectivity index (χ3v) is 2.97. The Morgan fingerprint density at radius 1 is 1.20 bits per heavy atom. The van der Waals surface area contributed by atoms with Crippen molar-refractivity contribution >= 4 is 17.3 Å². The lowest BCUT2D eigenvalue weighted by Crippen LogP contribution is -2.10. The van der Waals surface area contributed by atoms with Gasteiger partial charge in [-0.05, 0) is 23.8 Å². The van der Waals surface area contributed by atoms with E-state index in [0.717, 1.165) is 0 Å². The molecule has 0 bridgehead atoms. The fourth-order valence-corrected chi connectivity index (χ4v) is 1.81. The smallest absolute Gasteiger partial charge is 0.310 e. The Balaban J connectivity index is 2.05. The number of benzene rings is 2. The van der Waals surface area contributed by atoms with Crippen LogP contribution in [0, 0.1) is 10.1 Å². The Bertz CT molecular complexity index is 600. The highest BCUT2D eigenvalue weighted by Crippen LogP contribution is 2.27. The van der Waals surface area contributed by atoms with Gasteiger partial charge in [0, 0.05) is 11.1 Å². The van der Waals surface area contributed by atoms with Crippen LogP contribution in [0.2, 0.25) is 5.02 Å². The van der Waals surface area contributed by atoms with Crippen molar-refractivity contribution in [1.29, 1.82) is 0 Å². The summed E-state index contributed by atoms with van der Waals surface area (Å²) in [6, 6.07) is 12.7. The van der Waals surface area contributed by atoms with Gasteiger partial charge < -0.3 is 9.84 Å². The van der Waals surface area contributed by atoms with Crippen LogP contribution in [0.3, 0.4) is 0 Å². The van der Waals surface area contributed by atoms with Gasteiger partial charge in [-0.3, -0.25) is 10.1 Å². The van der Waals surface area contributed by atoms with Crippen LogP contribution < -0.4 is 4.74 Å². The summed E-state index contributed by atoms with van der Waals surface area (Å²) in [4.78, 5) is 10.3. The molecule has 2 aromatic rings. The Hall–Kier alpha value is -2.11. The van der Waals surface area contributed by atoms with Crippen LogP contribution >= 0.6 is 11.6 Å². The van der Waals surface area contributed by atoms with E-state index in [1.807, 2.05) is 0 Å². The third kappa shape index (κ3) is 3.46. The highest BCUT2D eigenvalue weighted by atomic mass is 35.5. The highest BCUT2D eigenvalue weighted by molar-refractivity contribution is 6.30. The fraction of sp³-hybridized carbons (Fsp3) is 0.143. The summed E-state index contributed by atoms with van der Waals surface area (Å²) >= 11 is 5.76. The number of para-hydroxylation sites is 2. The molecule has 2 aromatic carbocycles. The van der Waals surface area contributed by atoms with Crippen LogP contribution in [-0.4, -0.2) is 16.6 Å². The molecule has 0 saturated heterocycles. The summed E-state index contributed by atoms with van der Waals surface area (Å²) in [5.74, 6) is 0.130. The van der Waals surface area contributed by atoms with Gasteiger partial charge in [0.2, 0.25) is 0 Å². The maximum absolute atomic E-state index is 10.8. The van der Waals surface area contributed by atoms with Gasteiger partial charge >= 0.3 is 5.69 Å². The molecule has 1 unspecified atom stereocenters. The van der Waals surface area contributed by atoms with Gasteiger partial charge in [-0.15, -0.1) is 0 Å². The SMILES string of the molecule is O=[N+]([O-])c1ccccc1OCC(O)c1ccc(Cl)cc1. The summed E-state index contributed by atoms with van der Waals surface area (Å²) in [7, 11) is 0. The molecule has 0 fully saturated rings. The summed E-state index contributed by atoms with van der Waals surface area (Å²) in [5, 5.41) is 21.4. The molecule has 0 aliphatic carbocycles. The van der Waals surface area contributed by atoms with Gasteiger partial charge in [0.25, 0.3) is 0 Å². The Labute approximate surface area is 120 Å². The number of aliphatic hydroxyl groups excluding tert-OH is 1. The number of halogens is 1. The second-order valence-corrected chi connectivity index (χ2v) is 4.54. The van der Waals surface area contributed by atoms with E-state index in [4.69, 9.17) is 16.3 Å². The van der Waals surface area contributed by atoms with E-state index in [-0.39, 0.29) is 18.0 Å². The normalized spacial score (nSPS) is 11.9. The molecule has 0 radical (unpaired) electrons. The summed E-state index contributed by atoms with van der Waals surface area (Å²) in [5.41, 5.74) is 0.504. The Morgan fingerprint density at radius 3 is 2.50 bits per heavy atom. The van der Waals surface area contributed by atoms with E-state index in [1.54, 1.807) is 36.4 Å². The molecule has 0 spiro atoms. The molecule has 6 heteroatoms. The van der Waals surface area contributed by atoms with E-state index in [9.17, 15) is 15.2 Å². The molecule has 5 nitrogen and oxygen atoms in total. The first kappa shape index (κ1) is 14.3. The van der Waals surface area contributed by atoms with Crippen LogP contribution in [0.4, 0.5) is 5.69 Å². The second-order valence-electron chi connectivity index (χ2n) is 4.10. The molecular formula is C14H12ClNO4. The van der Waals surface area contributed by atoms with Crippen molar-refractivity contribution in [3.8, 4) is 5.75 Å². The number of ether oxygens (including phenoxy) is 1. The second kappa shape index (κ2) is 6.36. The number of nitrogens with zero attached hydrogens (tertiary/aromatic N) is 1. The molecule has 20 heavy (non-hydrogen) atoms. The molecule has 104 valence electrons. The minimum absolute atomic E-state index is 0.0769. The van der Waals surface area contributed by atoms with Crippen LogP contribution in [0.1, 0.15) is 11.7 Å². The molecule has 1 N–H and O–H groups in total. The van der Waals surface area contributed by atoms with E-state index in [0.29, 0.717) is 10.6 Å². The Kier molecular flexibility index (Phi) is 4.55. The van der Waals surface area contributed by atoms with E-state index < -0.39 is 11.0 Å². The molecule has 0 aliphatic heterocycles. The zero-order chi connectivity index (χ0) is 14.5. The first-order valence-corrected chi connectivity index (χ1v) is 6.25. The lowest BCUT2D eigenvalue weighted by atomic mass is 10.1. The topological polar surface area (TPSA) is 72.6 Å². The summed E-state index contributed by atoms with van der Waals surface area (Å²) < 4.78 is 5.32. The zero-order valence-corrected chi connectivity index (χ0v) is 11.2. The molecular weight excluding hydrogens is 282 g/mol. The third-order valence-electron chi connectivity index (χ3n) is 2.71. The molecule has 0 aliphatic rings. The maximum Gasteiger partial charge on any atom is 0.310 e. The van der Waals surface area contributed by atoms with Gasteiger partial charge in [-0.2, -0.15) is 0 Å². The minimum atomic E-state index is -0.882. The molecule has 1 atom stereocenters. The van der Waals surface area contributed by atoms with Crippen molar-refractivity contribution in [2.45, 2.75) is 6.10 Å². The van der Waals surface area contributed by atoms with E-state index in [1.165, 1.54) is 12.1 Å². The van der Waals surface area contributed by atoms with E-state index >= 15 is 0 Å². The lowest BCUT2D eigenvalue weighted by molar-refractivity contribution is -0.385. The van der Waals surface area contributed by atoms with Crippen molar-refractivity contribution in [3.63, 3.8) is 0 Å². The lowest BCUT2D eigenvalue weighted by Gasteiger charge is -2.12. The minimum Gasteiger partial charge on any atom is -0.484 e. The van der Waals surface area contributed by atoms with Gasteiger partial charge in [-0.25, -0.2) is 0 Å². The average Bonchev–Trinajstić information content (AvgIpc) is 2.45. The summed E-state index contributed by atoms with van der Waals surface area (Å²) in [6.07, 6.45) is -0.882. The molecule has 0 heterocycles. The quantitative estimate of drug-likeness (QED) is 0.677. The molecule has 2 rings (SSSR count). The van der Waals surface area contributed by atoms with Crippen molar-refractivity contribution in [2.75, 3.05) is 6.61 Å². The maximum atomic E-state index is 10.8. The standard InChI is InChI=1S/C14H12ClNO4/c15-11-7-5-10(6-8-11)13(17)9-20-14-4-2-1-3-12(14)16(18)19/h1-8,13,17H,9H2. The largest absolute Gasteiger partial charge is 0.484 e. The number of rotatable bonds is 5. The number of aliphatic hydroxyl groups is 1. The number of nitro groups is 1. The fourth-order valence-electron chi connectivity index (χ4n) is 1.68. The van der Waals surface area contributed by atoms with Crippen molar-refractivity contribution in [3.05, 3.63) is 69.2 Å². The van der Waals surface area contributed by atoms with Gasteiger partial charge in [-0.1, -0.05) is 35.9 Å². The van der Waals surface area contributed by atoms with Gasteiger partial charge in [0.1, 0.15) is 12.7 Å². The van der Waals surface area contributed by atoms with Crippen molar-refractivity contribution in [2.24, 2.45) is 0 Å². The van der Waals surface area contributed by atoms with Crippen LogP contribution in [0.5, 0.6) is 5.75 Å². The average molecular weight is 294 g/mol.